The van der Waals surface area contributed by atoms with Crippen molar-refractivity contribution in [2.45, 2.75) is 20.9 Å². The van der Waals surface area contributed by atoms with Crippen molar-refractivity contribution in [2.24, 2.45) is 0 Å². The van der Waals surface area contributed by atoms with E-state index in [0.717, 1.165) is 26.8 Å². The summed E-state index contributed by atoms with van der Waals surface area (Å²) in [6.07, 6.45) is -4.36. The van der Waals surface area contributed by atoms with Crippen LogP contribution in [0.2, 0.25) is 0 Å². The molecule has 0 aromatic heterocycles. The second-order valence-electron chi connectivity index (χ2n) is 5.10. The van der Waals surface area contributed by atoms with Gasteiger partial charge in [0.15, 0.2) is 14.7 Å². The van der Waals surface area contributed by atoms with Crippen molar-refractivity contribution in [3.8, 4) is 0 Å². The van der Waals surface area contributed by atoms with Crippen LogP contribution in [-0.2, 0) is 17.1 Å². The van der Waals surface area contributed by atoms with Crippen LogP contribution in [0.15, 0.2) is 93.5 Å². The second-order valence-corrected chi connectivity index (χ2v) is 7.12. The Morgan fingerprint density at radius 3 is 1.54 bits per heavy atom. The Morgan fingerprint density at radius 2 is 1.04 bits per heavy atom. The van der Waals surface area contributed by atoms with Crippen molar-refractivity contribution in [1.29, 1.82) is 0 Å². The normalized spacial score (nSPS) is 12.8. The third-order valence-electron chi connectivity index (χ3n) is 3.45. The Balaban J connectivity index is 2.06. The van der Waals surface area contributed by atoms with Gasteiger partial charge in [0, 0.05) is 0 Å². The monoisotopic (exact) mass is 349 g/mol. The SMILES string of the molecule is Fc1ccc([S+](c2ccccc2)c2ccc(C(F)(F)F)cc2)cc1. The number of rotatable bonds is 3. The van der Waals surface area contributed by atoms with E-state index in [1.807, 2.05) is 30.3 Å². The van der Waals surface area contributed by atoms with Gasteiger partial charge in [-0.1, -0.05) is 18.2 Å². The highest BCUT2D eigenvalue weighted by Gasteiger charge is 2.33. The Kier molecular flexibility index (Phi) is 4.62. The molecule has 1 unspecified atom stereocenters. The summed E-state index contributed by atoms with van der Waals surface area (Å²) in [5, 5.41) is 0. The lowest BCUT2D eigenvalue weighted by atomic mass is 10.2. The first kappa shape index (κ1) is 16.6. The molecule has 0 saturated heterocycles. The van der Waals surface area contributed by atoms with Crippen LogP contribution in [0.5, 0.6) is 0 Å². The van der Waals surface area contributed by atoms with Gasteiger partial charge in [-0.2, -0.15) is 13.2 Å². The first-order valence-corrected chi connectivity index (χ1v) is 8.40. The lowest BCUT2D eigenvalue weighted by Gasteiger charge is -2.10. The highest BCUT2D eigenvalue weighted by atomic mass is 32.2. The number of hydrogen-bond acceptors (Lipinski definition) is 0. The first-order valence-electron chi connectivity index (χ1n) is 7.17. The van der Waals surface area contributed by atoms with E-state index in [4.69, 9.17) is 0 Å². The molecule has 0 radical (unpaired) electrons. The molecule has 0 amide bonds. The number of benzene rings is 3. The van der Waals surface area contributed by atoms with Crippen molar-refractivity contribution in [3.63, 3.8) is 0 Å². The molecule has 0 bridgehead atoms. The van der Waals surface area contributed by atoms with Crippen molar-refractivity contribution in [2.75, 3.05) is 0 Å². The molecule has 24 heavy (non-hydrogen) atoms. The highest BCUT2D eigenvalue weighted by molar-refractivity contribution is 7.97. The van der Waals surface area contributed by atoms with Gasteiger partial charge < -0.3 is 0 Å². The van der Waals surface area contributed by atoms with Crippen LogP contribution in [0.1, 0.15) is 5.56 Å². The summed E-state index contributed by atoms with van der Waals surface area (Å²) >= 11 is 0. The Labute approximate surface area is 140 Å². The third-order valence-corrected chi connectivity index (χ3v) is 5.68. The van der Waals surface area contributed by atoms with Crippen LogP contribution in [-0.4, -0.2) is 0 Å². The fourth-order valence-electron chi connectivity index (χ4n) is 2.32. The molecule has 1 atom stereocenters. The number of hydrogen-bond donors (Lipinski definition) is 0. The molecular weight excluding hydrogens is 336 g/mol. The zero-order valence-corrected chi connectivity index (χ0v) is 13.2. The summed E-state index contributed by atoms with van der Waals surface area (Å²) in [6.45, 7) is 0. The van der Waals surface area contributed by atoms with Gasteiger partial charge in [0.05, 0.1) is 16.5 Å². The summed E-state index contributed by atoms with van der Waals surface area (Å²) in [6, 6.07) is 20.7. The topological polar surface area (TPSA) is 0 Å². The molecule has 0 fully saturated rings. The lowest BCUT2D eigenvalue weighted by Crippen LogP contribution is -2.08. The first-order chi connectivity index (χ1) is 11.4. The highest BCUT2D eigenvalue weighted by Crippen LogP contribution is 2.34. The molecule has 3 aromatic rings. The van der Waals surface area contributed by atoms with Gasteiger partial charge in [-0.25, -0.2) is 4.39 Å². The number of alkyl halides is 3. The lowest BCUT2D eigenvalue weighted by molar-refractivity contribution is -0.137. The summed E-state index contributed by atoms with van der Waals surface area (Å²) < 4.78 is 51.5. The molecule has 5 heteroatoms. The fraction of sp³-hybridized carbons (Fsp3) is 0.0526. The minimum Gasteiger partial charge on any atom is -0.207 e. The molecule has 0 N–H and O–H groups in total. The summed E-state index contributed by atoms with van der Waals surface area (Å²) in [7, 11) is -0.592. The van der Waals surface area contributed by atoms with E-state index in [1.165, 1.54) is 24.3 Å². The van der Waals surface area contributed by atoms with Gasteiger partial charge >= 0.3 is 6.18 Å². The summed E-state index contributed by atoms with van der Waals surface area (Å²) in [5.41, 5.74) is -0.679. The molecular formula is C19H13F4S+. The molecule has 3 rings (SSSR count). The van der Waals surface area contributed by atoms with Gasteiger partial charge in [0.1, 0.15) is 5.82 Å². The smallest absolute Gasteiger partial charge is 0.207 e. The van der Waals surface area contributed by atoms with Crippen LogP contribution in [0, 0.1) is 5.82 Å². The molecule has 0 nitrogen and oxygen atoms in total. The van der Waals surface area contributed by atoms with Crippen molar-refractivity contribution >= 4 is 10.9 Å². The minimum atomic E-state index is -4.36. The average molecular weight is 349 g/mol. The molecule has 0 aliphatic carbocycles. The quantitative estimate of drug-likeness (QED) is 0.405. The second kappa shape index (κ2) is 6.69. The summed E-state index contributed by atoms with van der Waals surface area (Å²) in [4.78, 5) is 2.56. The molecule has 0 saturated carbocycles. The van der Waals surface area contributed by atoms with E-state index in [1.54, 1.807) is 12.1 Å². The third kappa shape index (κ3) is 3.62. The molecule has 0 aliphatic rings. The van der Waals surface area contributed by atoms with Gasteiger partial charge in [-0.3, -0.25) is 0 Å². The van der Waals surface area contributed by atoms with Crippen LogP contribution in [0.4, 0.5) is 17.6 Å². The van der Waals surface area contributed by atoms with E-state index in [-0.39, 0.29) is 5.82 Å². The van der Waals surface area contributed by atoms with Crippen molar-refractivity contribution in [3.05, 3.63) is 90.2 Å². The summed E-state index contributed by atoms with van der Waals surface area (Å²) in [5.74, 6) is -0.345. The van der Waals surface area contributed by atoms with Crippen LogP contribution in [0.25, 0.3) is 0 Å². The molecule has 0 heterocycles. The van der Waals surface area contributed by atoms with E-state index < -0.39 is 22.6 Å². The average Bonchev–Trinajstić information content (AvgIpc) is 2.58. The molecule has 122 valence electrons. The Hall–Kier alpha value is -2.27. The van der Waals surface area contributed by atoms with Crippen molar-refractivity contribution in [1.82, 2.24) is 0 Å². The zero-order chi connectivity index (χ0) is 17.2. The number of halogens is 4. The fourth-order valence-corrected chi connectivity index (χ4v) is 4.38. The predicted octanol–water partition coefficient (Wildman–Crippen LogP) is 5.94. The predicted molar refractivity (Wildman–Crippen MR) is 86.4 cm³/mol. The van der Waals surface area contributed by atoms with Crippen molar-refractivity contribution < 1.29 is 17.6 Å². The van der Waals surface area contributed by atoms with Gasteiger partial charge in [-0.05, 0) is 60.7 Å². The Bertz CT molecular complexity index is 794. The van der Waals surface area contributed by atoms with E-state index in [2.05, 4.69) is 0 Å². The minimum absolute atomic E-state index is 0.345. The standard InChI is InChI=1S/C19H13F4S/c20-15-8-12-18(13-9-15)24(16-4-2-1-3-5-16)17-10-6-14(7-11-17)19(21,22)23/h1-13H/q+1. The van der Waals surface area contributed by atoms with E-state index in [9.17, 15) is 17.6 Å². The van der Waals surface area contributed by atoms with E-state index in [0.29, 0.717) is 0 Å². The van der Waals surface area contributed by atoms with Crippen LogP contribution >= 0.6 is 0 Å². The van der Waals surface area contributed by atoms with Gasteiger partial charge in [-0.15, -0.1) is 0 Å². The van der Waals surface area contributed by atoms with E-state index >= 15 is 0 Å². The maximum absolute atomic E-state index is 13.2. The molecule has 3 aromatic carbocycles. The Morgan fingerprint density at radius 1 is 0.583 bits per heavy atom. The van der Waals surface area contributed by atoms with Crippen LogP contribution < -0.4 is 0 Å². The zero-order valence-electron chi connectivity index (χ0n) is 12.4. The van der Waals surface area contributed by atoms with Gasteiger partial charge in [0.25, 0.3) is 0 Å². The maximum atomic E-state index is 13.2. The molecule has 0 spiro atoms. The van der Waals surface area contributed by atoms with Gasteiger partial charge in [0.2, 0.25) is 0 Å². The molecule has 0 aliphatic heterocycles. The maximum Gasteiger partial charge on any atom is 0.416 e. The van der Waals surface area contributed by atoms with Crippen LogP contribution in [0.3, 0.4) is 0 Å². The largest absolute Gasteiger partial charge is 0.416 e.